The lowest BCUT2D eigenvalue weighted by atomic mass is 10.1. The standard InChI is InChI=1S/C18H26N4/c1-5-6-7-11-19-18-20-15(4)12-16(22-18)21-17-13(2)9-8-10-14(17)3/h8-10,12H,5-7,11H2,1-4H3,(H2,19,20,21,22). The minimum atomic E-state index is 0.699. The first-order valence-electron chi connectivity index (χ1n) is 8.03. The van der Waals surface area contributed by atoms with Crippen LogP contribution in [0.25, 0.3) is 0 Å². The molecule has 0 unspecified atom stereocenters. The van der Waals surface area contributed by atoms with Gasteiger partial charge in [0.2, 0.25) is 5.95 Å². The summed E-state index contributed by atoms with van der Waals surface area (Å²) in [6.07, 6.45) is 3.59. The molecular weight excluding hydrogens is 272 g/mol. The van der Waals surface area contributed by atoms with E-state index in [0.717, 1.165) is 30.2 Å². The molecule has 22 heavy (non-hydrogen) atoms. The van der Waals surface area contributed by atoms with Crippen molar-refractivity contribution in [3.8, 4) is 0 Å². The molecule has 0 aliphatic carbocycles. The molecule has 2 aromatic rings. The average molecular weight is 298 g/mol. The zero-order chi connectivity index (χ0) is 15.9. The van der Waals surface area contributed by atoms with Gasteiger partial charge >= 0.3 is 0 Å². The molecule has 1 aromatic carbocycles. The van der Waals surface area contributed by atoms with Gasteiger partial charge < -0.3 is 10.6 Å². The molecule has 4 nitrogen and oxygen atoms in total. The normalized spacial score (nSPS) is 10.5. The minimum Gasteiger partial charge on any atom is -0.354 e. The van der Waals surface area contributed by atoms with Crippen molar-refractivity contribution in [3.05, 3.63) is 41.1 Å². The summed E-state index contributed by atoms with van der Waals surface area (Å²) in [5.74, 6) is 1.53. The zero-order valence-corrected chi connectivity index (χ0v) is 14.0. The number of nitrogens with one attached hydrogen (secondary N) is 2. The van der Waals surface area contributed by atoms with E-state index in [0.29, 0.717) is 5.95 Å². The van der Waals surface area contributed by atoms with Crippen LogP contribution in [0.15, 0.2) is 24.3 Å². The highest BCUT2D eigenvalue weighted by Gasteiger charge is 2.06. The molecule has 0 saturated heterocycles. The highest BCUT2D eigenvalue weighted by molar-refractivity contribution is 5.65. The maximum Gasteiger partial charge on any atom is 0.224 e. The van der Waals surface area contributed by atoms with E-state index >= 15 is 0 Å². The van der Waals surface area contributed by atoms with Crippen molar-refractivity contribution < 1.29 is 0 Å². The molecule has 0 spiro atoms. The van der Waals surface area contributed by atoms with Gasteiger partial charge in [-0.2, -0.15) is 4.98 Å². The van der Waals surface area contributed by atoms with Gasteiger partial charge in [0.05, 0.1) is 0 Å². The van der Waals surface area contributed by atoms with Crippen LogP contribution in [-0.2, 0) is 0 Å². The van der Waals surface area contributed by atoms with Crippen molar-refractivity contribution in [2.45, 2.75) is 47.0 Å². The van der Waals surface area contributed by atoms with Crippen molar-refractivity contribution in [1.82, 2.24) is 9.97 Å². The van der Waals surface area contributed by atoms with E-state index in [1.165, 1.54) is 24.0 Å². The SMILES string of the molecule is CCCCCNc1nc(C)cc(Nc2c(C)cccc2C)n1. The van der Waals surface area contributed by atoms with E-state index in [-0.39, 0.29) is 0 Å². The molecule has 0 saturated carbocycles. The number of anilines is 3. The number of para-hydroxylation sites is 1. The summed E-state index contributed by atoms with van der Waals surface area (Å²) in [7, 11) is 0. The zero-order valence-electron chi connectivity index (χ0n) is 14.0. The van der Waals surface area contributed by atoms with Gasteiger partial charge in [0, 0.05) is 24.0 Å². The van der Waals surface area contributed by atoms with Crippen molar-refractivity contribution in [1.29, 1.82) is 0 Å². The Hall–Kier alpha value is -2.10. The Morgan fingerprint density at radius 1 is 1.00 bits per heavy atom. The minimum absolute atomic E-state index is 0.699. The molecule has 0 radical (unpaired) electrons. The number of hydrogen-bond donors (Lipinski definition) is 2. The summed E-state index contributed by atoms with van der Waals surface area (Å²) < 4.78 is 0. The number of nitrogens with zero attached hydrogens (tertiary/aromatic N) is 2. The van der Waals surface area contributed by atoms with E-state index in [4.69, 9.17) is 0 Å². The third-order valence-electron chi connectivity index (χ3n) is 3.65. The van der Waals surface area contributed by atoms with E-state index in [9.17, 15) is 0 Å². The Bertz CT molecular complexity index is 602. The Morgan fingerprint density at radius 2 is 1.73 bits per heavy atom. The predicted molar refractivity (Wildman–Crippen MR) is 94.0 cm³/mol. The molecule has 2 N–H and O–H groups in total. The summed E-state index contributed by atoms with van der Waals surface area (Å²) in [5, 5.41) is 6.75. The van der Waals surface area contributed by atoms with E-state index < -0.39 is 0 Å². The lowest BCUT2D eigenvalue weighted by Crippen LogP contribution is -2.08. The van der Waals surface area contributed by atoms with Crippen molar-refractivity contribution in [2.75, 3.05) is 17.2 Å². The van der Waals surface area contributed by atoms with Crippen LogP contribution in [0.1, 0.15) is 43.0 Å². The molecular formula is C18H26N4. The highest BCUT2D eigenvalue weighted by atomic mass is 15.1. The fourth-order valence-electron chi connectivity index (χ4n) is 2.43. The maximum atomic E-state index is 4.58. The van der Waals surface area contributed by atoms with E-state index in [2.05, 4.69) is 59.6 Å². The number of hydrogen-bond acceptors (Lipinski definition) is 4. The number of benzene rings is 1. The maximum absolute atomic E-state index is 4.58. The number of unbranched alkanes of at least 4 members (excludes halogenated alkanes) is 2. The molecule has 0 bridgehead atoms. The first kappa shape index (κ1) is 16.3. The Kier molecular flexibility index (Phi) is 5.75. The summed E-state index contributed by atoms with van der Waals surface area (Å²) in [4.78, 5) is 9.03. The monoisotopic (exact) mass is 298 g/mol. The summed E-state index contributed by atoms with van der Waals surface area (Å²) in [6, 6.07) is 8.26. The smallest absolute Gasteiger partial charge is 0.224 e. The van der Waals surface area contributed by atoms with Crippen molar-refractivity contribution in [3.63, 3.8) is 0 Å². The van der Waals surface area contributed by atoms with Crippen LogP contribution in [0.3, 0.4) is 0 Å². The number of rotatable bonds is 7. The Labute approximate surface area is 133 Å². The fourth-order valence-corrected chi connectivity index (χ4v) is 2.43. The third kappa shape index (κ3) is 4.45. The van der Waals surface area contributed by atoms with Gasteiger partial charge in [-0.1, -0.05) is 38.0 Å². The van der Waals surface area contributed by atoms with E-state index in [1.807, 2.05) is 13.0 Å². The van der Waals surface area contributed by atoms with Crippen LogP contribution < -0.4 is 10.6 Å². The second kappa shape index (κ2) is 7.78. The molecule has 4 heteroatoms. The van der Waals surface area contributed by atoms with Gasteiger partial charge in [0.1, 0.15) is 5.82 Å². The van der Waals surface area contributed by atoms with Crippen molar-refractivity contribution >= 4 is 17.5 Å². The van der Waals surface area contributed by atoms with Gasteiger partial charge in [-0.05, 0) is 38.3 Å². The molecule has 0 aliphatic rings. The number of aryl methyl sites for hydroxylation is 3. The van der Waals surface area contributed by atoms with Gasteiger partial charge in [-0.25, -0.2) is 4.98 Å². The van der Waals surface area contributed by atoms with Gasteiger partial charge in [-0.3, -0.25) is 0 Å². The van der Waals surface area contributed by atoms with E-state index in [1.54, 1.807) is 0 Å². The lowest BCUT2D eigenvalue weighted by molar-refractivity contribution is 0.740. The molecule has 0 atom stereocenters. The summed E-state index contributed by atoms with van der Waals surface area (Å²) >= 11 is 0. The third-order valence-corrected chi connectivity index (χ3v) is 3.65. The van der Waals surface area contributed by atoms with Gasteiger partial charge in [-0.15, -0.1) is 0 Å². The summed E-state index contributed by atoms with van der Waals surface area (Å²) in [5.41, 5.74) is 4.52. The topological polar surface area (TPSA) is 49.8 Å². The molecule has 0 aliphatic heterocycles. The molecule has 118 valence electrons. The molecule has 0 fully saturated rings. The second-order valence-corrected chi connectivity index (χ2v) is 5.74. The predicted octanol–water partition coefficient (Wildman–Crippen LogP) is 4.75. The Balaban J connectivity index is 2.12. The average Bonchev–Trinajstić information content (AvgIpc) is 2.47. The molecule has 1 heterocycles. The van der Waals surface area contributed by atoms with Crippen LogP contribution in [0, 0.1) is 20.8 Å². The van der Waals surface area contributed by atoms with Gasteiger partial charge in [0.15, 0.2) is 0 Å². The highest BCUT2D eigenvalue weighted by Crippen LogP contribution is 2.24. The molecule has 0 amide bonds. The quantitative estimate of drug-likeness (QED) is 0.724. The summed E-state index contributed by atoms with van der Waals surface area (Å²) in [6.45, 7) is 9.32. The second-order valence-electron chi connectivity index (χ2n) is 5.74. The van der Waals surface area contributed by atoms with Crippen LogP contribution in [0.5, 0.6) is 0 Å². The lowest BCUT2D eigenvalue weighted by Gasteiger charge is -2.13. The van der Waals surface area contributed by atoms with Crippen LogP contribution in [-0.4, -0.2) is 16.5 Å². The fraction of sp³-hybridized carbons (Fsp3) is 0.444. The first-order chi connectivity index (χ1) is 10.6. The van der Waals surface area contributed by atoms with Gasteiger partial charge in [0.25, 0.3) is 0 Å². The molecule has 1 aromatic heterocycles. The van der Waals surface area contributed by atoms with Crippen LogP contribution >= 0.6 is 0 Å². The van der Waals surface area contributed by atoms with Crippen LogP contribution in [0.2, 0.25) is 0 Å². The largest absolute Gasteiger partial charge is 0.354 e. The van der Waals surface area contributed by atoms with Crippen molar-refractivity contribution in [2.24, 2.45) is 0 Å². The first-order valence-corrected chi connectivity index (χ1v) is 8.03. The Morgan fingerprint density at radius 3 is 2.41 bits per heavy atom. The number of aromatic nitrogens is 2. The van der Waals surface area contributed by atoms with Crippen LogP contribution in [0.4, 0.5) is 17.5 Å². The molecule has 2 rings (SSSR count).